The van der Waals surface area contributed by atoms with Gasteiger partial charge in [-0.1, -0.05) is 48.9 Å². The van der Waals surface area contributed by atoms with Crippen molar-refractivity contribution in [2.75, 3.05) is 30.2 Å². The predicted molar refractivity (Wildman–Crippen MR) is 133 cm³/mol. The lowest BCUT2D eigenvalue weighted by atomic mass is 10.1. The van der Waals surface area contributed by atoms with Crippen molar-refractivity contribution >= 4 is 39.1 Å². The summed E-state index contributed by atoms with van der Waals surface area (Å²) in [5.41, 5.74) is -0.706. The summed E-state index contributed by atoms with van der Waals surface area (Å²) in [6, 6.07) is 10.4. The highest BCUT2D eigenvalue weighted by Gasteiger charge is 2.34. The summed E-state index contributed by atoms with van der Waals surface area (Å²) < 4.78 is 65.5. The molecule has 2 rings (SSSR count). The summed E-state index contributed by atoms with van der Waals surface area (Å²) in [5.74, 6) is -1.19. The lowest BCUT2D eigenvalue weighted by Gasteiger charge is -2.31. The van der Waals surface area contributed by atoms with Gasteiger partial charge in [0.05, 0.1) is 22.5 Å². The van der Waals surface area contributed by atoms with Crippen molar-refractivity contribution in [3.63, 3.8) is 0 Å². The molecule has 7 nitrogen and oxygen atoms in total. The van der Waals surface area contributed by atoms with Crippen LogP contribution in [0.1, 0.15) is 31.4 Å². The second kappa shape index (κ2) is 12.4. The number of benzene rings is 2. The molecule has 36 heavy (non-hydrogen) atoms. The Morgan fingerprint density at radius 2 is 1.75 bits per heavy atom. The van der Waals surface area contributed by atoms with Crippen LogP contribution in [0.2, 0.25) is 5.02 Å². The van der Waals surface area contributed by atoms with Crippen LogP contribution in [-0.2, 0) is 32.2 Å². The zero-order valence-corrected chi connectivity index (χ0v) is 21.8. The highest BCUT2D eigenvalue weighted by atomic mass is 35.5. The summed E-state index contributed by atoms with van der Waals surface area (Å²) in [5, 5.41) is 2.43. The number of carbonyl (C=O) groups is 2. The molecular formula is C24H29ClF3N3O4S. The minimum Gasteiger partial charge on any atom is -0.354 e. The van der Waals surface area contributed by atoms with Gasteiger partial charge in [0.15, 0.2) is 0 Å². The molecule has 0 aliphatic rings. The number of anilines is 1. The molecule has 0 aliphatic heterocycles. The lowest BCUT2D eigenvalue weighted by Crippen LogP contribution is -2.52. The van der Waals surface area contributed by atoms with E-state index in [1.165, 1.54) is 11.8 Å². The standard InChI is InChI=1S/C24H29ClF3N3O4S/c1-4-13-29-23(33)17(2)30(14-12-18-8-6-5-7-9-18)22(32)16-31(36(3,34)35)21-15-19(24(26,27)28)10-11-20(21)25/h5-11,15,17H,4,12-14,16H2,1-3H3,(H,29,33). The third-order valence-corrected chi connectivity index (χ3v) is 6.87. The Bertz CT molecular complexity index is 1160. The third kappa shape index (κ3) is 8.12. The normalized spacial score (nSPS) is 12.6. The predicted octanol–water partition coefficient (Wildman–Crippen LogP) is 4.11. The maximum absolute atomic E-state index is 13.4. The number of alkyl halides is 3. The first-order valence-corrected chi connectivity index (χ1v) is 13.4. The maximum atomic E-state index is 13.4. The van der Waals surface area contributed by atoms with E-state index in [2.05, 4.69) is 5.32 Å². The first-order chi connectivity index (χ1) is 16.8. The summed E-state index contributed by atoms with van der Waals surface area (Å²) in [7, 11) is -4.23. The molecule has 2 aromatic rings. The Hall–Kier alpha value is -2.79. The van der Waals surface area contributed by atoms with Gasteiger partial charge in [0, 0.05) is 13.1 Å². The van der Waals surface area contributed by atoms with E-state index in [0.717, 1.165) is 24.0 Å². The van der Waals surface area contributed by atoms with Crippen LogP contribution in [0.5, 0.6) is 0 Å². The Kier molecular flexibility index (Phi) is 10.2. The molecule has 2 amide bonds. The van der Waals surface area contributed by atoms with Crippen LogP contribution >= 0.6 is 11.6 Å². The van der Waals surface area contributed by atoms with Crippen LogP contribution in [0.15, 0.2) is 48.5 Å². The average molecular weight is 548 g/mol. The molecule has 12 heteroatoms. The highest BCUT2D eigenvalue weighted by Crippen LogP contribution is 2.36. The smallest absolute Gasteiger partial charge is 0.354 e. The van der Waals surface area contributed by atoms with Gasteiger partial charge in [-0.3, -0.25) is 13.9 Å². The van der Waals surface area contributed by atoms with Gasteiger partial charge in [0.1, 0.15) is 12.6 Å². The van der Waals surface area contributed by atoms with E-state index >= 15 is 0 Å². The lowest BCUT2D eigenvalue weighted by molar-refractivity contribution is -0.138. The van der Waals surface area contributed by atoms with Crippen LogP contribution in [0, 0.1) is 0 Å². The van der Waals surface area contributed by atoms with Crippen molar-refractivity contribution in [2.45, 2.75) is 38.9 Å². The molecular weight excluding hydrogens is 519 g/mol. The maximum Gasteiger partial charge on any atom is 0.416 e. The van der Waals surface area contributed by atoms with Crippen LogP contribution in [-0.4, -0.2) is 57.1 Å². The van der Waals surface area contributed by atoms with Gasteiger partial charge in [-0.15, -0.1) is 0 Å². The minimum absolute atomic E-state index is 0.0808. The molecule has 0 fully saturated rings. The number of nitrogens with one attached hydrogen (secondary N) is 1. The first kappa shape index (κ1) is 29.4. The summed E-state index contributed by atoms with van der Waals surface area (Å²) in [6.07, 6.45) is -2.93. The molecule has 0 saturated carbocycles. The molecule has 1 atom stereocenters. The Morgan fingerprint density at radius 3 is 2.31 bits per heavy atom. The van der Waals surface area contributed by atoms with Gasteiger partial charge in [-0.2, -0.15) is 13.2 Å². The van der Waals surface area contributed by atoms with Crippen molar-refractivity contribution in [1.82, 2.24) is 10.2 Å². The first-order valence-electron chi connectivity index (χ1n) is 11.2. The number of hydrogen-bond donors (Lipinski definition) is 1. The second-order valence-corrected chi connectivity index (χ2v) is 10.5. The SMILES string of the molecule is CCCNC(=O)C(C)N(CCc1ccccc1)C(=O)CN(c1cc(C(F)(F)F)ccc1Cl)S(C)(=O)=O. The number of nitrogens with zero attached hydrogens (tertiary/aromatic N) is 2. The Morgan fingerprint density at radius 1 is 1.11 bits per heavy atom. The topological polar surface area (TPSA) is 86.8 Å². The fourth-order valence-electron chi connectivity index (χ4n) is 3.44. The molecule has 0 bridgehead atoms. The average Bonchev–Trinajstić information content (AvgIpc) is 2.80. The fourth-order valence-corrected chi connectivity index (χ4v) is 4.56. The van der Waals surface area contributed by atoms with E-state index in [9.17, 15) is 31.2 Å². The van der Waals surface area contributed by atoms with Crippen LogP contribution in [0.25, 0.3) is 0 Å². The van der Waals surface area contributed by atoms with E-state index in [1.807, 2.05) is 37.3 Å². The van der Waals surface area contributed by atoms with Gasteiger partial charge in [0.25, 0.3) is 0 Å². The molecule has 2 aromatic carbocycles. The van der Waals surface area contributed by atoms with Gasteiger partial charge in [-0.05, 0) is 43.5 Å². The van der Waals surface area contributed by atoms with E-state index in [0.29, 0.717) is 29.8 Å². The van der Waals surface area contributed by atoms with Crippen molar-refractivity contribution in [3.8, 4) is 0 Å². The number of amides is 2. The number of sulfonamides is 1. The summed E-state index contributed by atoms with van der Waals surface area (Å²) >= 11 is 6.06. The van der Waals surface area contributed by atoms with E-state index in [1.54, 1.807) is 0 Å². The largest absolute Gasteiger partial charge is 0.416 e. The van der Waals surface area contributed by atoms with Crippen molar-refractivity contribution in [2.24, 2.45) is 0 Å². The highest BCUT2D eigenvalue weighted by molar-refractivity contribution is 7.92. The molecule has 0 saturated heterocycles. The number of carbonyl (C=O) groups excluding carboxylic acids is 2. The monoisotopic (exact) mass is 547 g/mol. The third-order valence-electron chi connectivity index (χ3n) is 5.42. The molecule has 0 aromatic heterocycles. The van der Waals surface area contributed by atoms with Gasteiger partial charge < -0.3 is 10.2 Å². The second-order valence-electron chi connectivity index (χ2n) is 8.22. The van der Waals surface area contributed by atoms with Crippen molar-refractivity contribution in [1.29, 1.82) is 0 Å². The Labute approximate surface area is 214 Å². The molecule has 1 unspecified atom stereocenters. The number of rotatable bonds is 11. The summed E-state index contributed by atoms with van der Waals surface area (Å²) in [6.45, 7) is 3.01. The zero-order chi connectivity index (χ0) is 27.1. The molecule has 0 heterocycles. The quantitative estimate of drug-likeness (QED) is 0.459. The van der Waals surface area contributed by atoms with Crippen LogP contribution in [0.4, 0.5) is 18.9 Å². The van der Waals surface area contributed by atoms with Gasteiger partial charge in [0.2, 0.25) is 21.8 Å². The number of halogens is 4. The van der Waals surface area contributed by atoms with Crippen molar-refractivity contribution < 1.29 is 31.2 Å². The van der Waals surface area contributed by atoms with Crippen LogP contribution in [0.3, 0.4) is 0 Å². The van der Waals surface area contributed by atoms with E-state index < -0.39 is 51.9 Å². The van der Waals surface area contributed by atoms with Crippen LogP contribution < -0.4 is 9.62 Å². The van der Waals surface area contributed by atoms with E-state index in [4.69, 9.17) is 11.6 Å². The molecule has 0 aliphatic carbocycles. The van der Waals surface area contributed by atoms with E-state index in [-0.39, 0.29) is 11.6 Å². The fraction of sp³-hybridized carbons (Fsp3) is 0.417. The Balaban J connectivity index is 2.41. The molecule has 1 N–H and O–H groups in total. The zero-order valence-electron chi connectivity index (χ0n) is 20.2. The van der Waals surface area contributed by atoms with Gasteiger partial charge >= 0.3 is 6.18 Å². The molecule has 198 valence electrons. The van der Waals surface area contributed by atoms with Crippen molar-refractivity contribution in [3.05, 3.63) is 64.7 Å². The molecule has 0 spiro atoms. The number of hydrogen-bond acceptors (Lipinski definition) is 4. The molecule has 0 radical (unpaired) electrons. The minimum atomic E-state index is -4.75. The van der Waals surface area contributed by atoms with Gasteiger partial charge in [-0.25, -0.2) is 8.42 Å². The summed E-state index contributed by atoms with van der Waals surface area (Å²) in [4.78, 5) is 27.2.